The predicted molar refractivity (Wildman–Crippen MR) is 65.1 cm³/mol. The molecule has 2 aromatic heterocycles. The van der Waals surface area contributed by atoms with Crippen molar-refractivity contribution < 1.29 is 0 Å². The number of thioether (sulfide) groups is 1. The first-order chi connectivity index (χ1) is 8.13. The van der Waals surface area contributed by atoms with Crippen molar-refractivity contribution in [2.24, 2.45) is 0 Å². The van der Waals surface area contributed by atoms with Gasteiger partial charge in [0, 0.05) is 11.8 Å². The van der Waals surface area contributed by atoms with E-state index in [9.17, 15) is 0 Å². The summed E-state index contributed by atoms with van der Waals surface area (Å²) in [5, 5.41) is 13.8. The van der Waals surface area contributed by atoms with Crippen LogP contribution in [0.4, 0.5) is 0 Å². The van der Waals surface area contributed by atoms with Crippen LogP contribution in [-0.2, 0) is 0 Å². The van der Waals surface area contributed by atoms with Crippen LogP contribution >= 0.6 is 11.8 Å². The molecule has 0 bridgehead atoms. The third kappa shape index (κ3) is 2.29. The topological polar surface area (TPSA) is 67.4 Å². The lowest BCUT2D eigenvalue weighted by molar-refractivity contribution is 0.775. The van der Waals surface area contributed by atoms with Crippen molar-refractivity contribution in [2.75, 3.05) is 6.26 Å². The molecule has 0 aliphatic heterocycles. The van der Waals surface area contributed by atoms with Crippen molar-refractivity contribution in [1.82, 2.24) is 19.7 Å². The Hall–Kier alpha value is -1.87. The van der Waals surface area contributed by atoms with E-state index in [2.05, 4.69) is 15.1 Å². The zero-order valence-electron chi connectivity index (χ0n) is 9.80. The first-order valence-corrected chi connectivity index (χ1v) is 6.23. The van der Waals surface area contributed by atoms with E-state index in [0.717, 1.165) is 11.4 Å². The van der Waals surface area contributed by atoms with Crippen molar-refractivity contribution >= 4 is 11.8 Å². The minimum atomic E-state index is 0.354. The van der Waals surface area contributed by atoms with Crippen molar-refractivity contribution in [1.29, 1.82) is 5.26 Å². The second kappa shape index (κ2) is 4.55. The molecule has 2 aromatic rings. The Morgan fingerprint density at radius 2 is 2.06 bits per heavy atom. The highest BCUT2D eigenvalue weighted by molar-refractivity contribution is 7.98. The van der Waals surface area contributed by atoms with E-state index in [1.54, 1.807) is 10.7 Å². The standard InChI is InChI=1S/C11H11N5S/c1-7-4-8(2)16(15-7)10-5-9(6-12)13-11(14-10)17-3/h4-5H,1-3H3. The van der Waals surface area contributed by atoms with Gasteiger partial charge >= 0.3 is 0 Å². The molecule has 0 amide bonds. The highest BCUT2D eigenvalue weighted by atomic mass is 32.2. The van der Waals surface area contributed by atoms with Gasteiger partial charge in [0.1, 0.15) is 11.8 Å². The van der Waals surface area contributed by atoms with Gasteiger partial charge in [0.25, 0.3) is 0 Å². The molecule has 0 unspecified atom stereocenters. The number of hydrogen-bond acceptors (Lipinski definition) is 5. The van der Waals surface area contributed by atoms with Crippen LogP contribution < -0.4 is 0 Å². The lowest BCUT2D eigenvalue weighted by Gasteiger charge is -2.04. The molecule has 5 nitrogen and oxygen atoms in total. The summed E-state index contributed by atoms with van der Waals surface area (Å²) in [6.45, 7) is 3.87. The summed E-state index contributed by atoms with van der Waals surface area (Å²) < 4.78 is 1.72. The average Bonchev–Trinajstić information content (AvgIpc) is 2.67. The largest absolute Gasteiger partial charge is 0.219 e. The summed E-state index contributed by atoms with van der Waals surface area (Å²) >= 11 is 1.41. The van der Waals surface area contributed by atoms with Gasteiger partial charge in [-0.25, -0.2) is 14.6 Å². The Kier molecular flexibility index (Phi) is 3.11. The van der Waals surface area contributed by atoms with Gasteiger partial charge in [-0.3, -0.25) is 0 Å². The van der Waals surface area contributed by atoms with Gasteiger partial charge in [0.15, 0.2) is 11.0 Å². The lowest BCUT2D eigenvalue weighted by atomic mass is 10.4. The van der Waals surface area contributed by atoms with E-state index >= 15 is 0 Å². The number of aryl methyl sites for hydroxylation is 2. The molecule has 86 valence electrons. The summed E-state index contributed by atoms with van der Waals surface area (Å²) in [5.74, 6) is 0.631. The molecule has 0 spiro atoms. The lowest BCUT2D eigenvalue weighted by Crippen LogP contribution is -2.05. The van der Waals surface area contributed by atoms with Gasteiger partial charge in [-0.05, 0) is 26.2 Å². The van der Waals surface area contributed by atoms with E-state index in [-0.39, 0.29) is 0 Å². The first kappa shape index (κ1) is 11.6. The van der Waals surface area contributed by atoms with Crippen molar-refractivity contribution in [3.05, 3.63) is 29.2 Å². The first-order valence-electron chi connectivity index (χ1n) is 5.01. The van der Waals surface area contributed by atoms with Gasteiger partial charge in [0.05, 0.1) is 5.69 Å². The zero-order chi connectivity index (χ0) is 12.4. The molecule has 0 aliphatic carbocycles. The number of rotatable bonds is 2. The van der Waals surface area contributed by atoms with Crippen LogP contribution in [0, 0.1) is 25.2 Å². The van der Waals surface area contributed by atoms with Gasteiger partial charge in [-0.1, -0.05) is 11.8 Å². The summed E-state index contributed by atoms with van der Waals surface area (Å²) in [7, 11) is 0. The van der Waals surface area contributed by atoms with Gasteiger partial charge in [-0.15, -0.1) is 0 Å². The van der Waals surface area contributed by atoms with Crippen LogP contribution in [0.5, 0.6) is 0 Å². The van der Waals surface area contributed by atoms with Crippen LogP contribution in [0.1, 0.15) is 17.1 Å². The summed E-state index contributed by atoms with van der Waals surface area (Å²) in [6.07, 6.45) is 1.88. The van der Waals surface area contributed by atoms with E-state index in [4.69, 9.17) is 5.26 Å². The Morgan fingerprint density at radius 1 is 1.29 bits per heavy atom. The zero-order valence-corrected chi connectivity index (χ0v) is 10.6. The smallest absolute Gasteiger partial charge is 0.190 e. The fourth-order valence-corrected chi connectivity index (χ4v) is 1.91. The Morgan fingerprint density at radius 3 is 2.59 bits per heavy atom. The molecule has 2 rings (SSSR count). The third-order valence-corrected chi connectivity index (χ3v) is 2.76. The average molecular weight is 245 g/mol. The molecule has 0 saturated carbocycles. The minimum Gasteiger partial charge on any atom is -0.219 e. The molecule has 0 saturated heterocycles. The second-order valence-electron chi connectivity index (χ2n) is 3.55. The molecule has 6 heteroatoms. The predicted octanol–water partition coefficient (Wildman–Crippen LogP) is 1.87. The summed E-state index contributed by atoms with van der Waals surface area (Å²) in [6, 6.07) is 5.64. The maximum atomic E-state index is 8.92. The quantitative estimate of drug-likeness (QED) is 0.597. The van der Waals surface area contributed by atoms with E-state index < -0.39 is 0 Å². The molecule has 0 aliphatic rings. The van der Waals surface area contributed by atoms with E-state index in [0.29, 0.717) is 16.7 Å². The molecule has 0 fully saturated rings. The Bertz CT molecular complexity index is 596. The van der Waals surface area contributed by atoms with Crippen molar-refractivity contribution in [3.63, 3.8) is 0 Å². The van der Waals surface area contributed by atoms with Crippen LogP contribution in [0.15, 0.2) is 17.3 Å². The molecule has 0 atom stereocenters. The van der Waals surface area contributed by atoms with Crippen molar-refractivity contribution in [2.45, 2.75) is 19.0 Å². The fourth-order valence-electron chi connectivity index (χ4n) is 1.53. The number of nitrogens with zero attached hydrogens (tertiary/aromatic N) is 5. The Labute approximate surface area is 104 Å². The van der Waals surface area contributed by atoms with Crippen LogP contribution in [0.2, 0.25) is 0 Å². The number of aromatic nitrogens is 4. The maximum Gasteiger partial charge on any atom is 0.190 e. The fraction of sp³-hybridized carbons (Fsp3) is 0.273. The van der Waals surface area contributed by atoms with Gasteiger partial charge in [-0.2, -0.15) is 10.4 Å². The molecule has 0 N–H and O–H groups in total. The maximum absolute atomic E-state index is 8.92. The summed E-state index contributed by atoms with van der Waals surface area (Å²) in [5.41, 5.74) is 2.26. The highest BCUT2D eigenvalue weighted by Crippen LogP contribution is 2.15. The molecule has 17 heavy (non-hydrogen) atoms. The minimum absolute atomic E-state index is 0.354. The Balaban J connectivity index is 2.59. The highest BCUT2D eigenvalue weighted by Gasteiger charge is 2.09. The monoisotopic (exact) mass is 245 g/mol. The van der Waals surface area contributed by atoms with Crippen LogP contribution in [-0.4, -0.2) is 26.0 Å². The van der Waals surface area contributed by atoms with E-state index in [1.807, 2.05) is 32.2 Å². The molecular formula is C11H11N5S. The SMILES string of the molecule is CSc1nc(C#N)cc(-n2nc(C)cc2C)n1. The van der Waals surface area contributed by atoms with E-state index in [1.165, 1.54) is 11.8 Å². The summed E-state index contributed by atoms with van der Waals surface area (Å²) in [4.78, 5) is 8.43. The number of nitriles is 1. The van der Waals surface area contributed by atoms with Crippen molar-refractivity contribution in [3.8, 4) is 11.9 Å². The normalized spacial score (nSPS) is 10.2. The molecule has 2 heterocycles. The van der Waals surface area contributed by atoms with Crippen LogP contribution in [0.25, 0.3) is 5.82 Å². The molecule has 0 aromatic carbocycles. The number of hydrogen-bond donors (Lipinski definition) is 0. The molecule has 0 radical (unpaired) electrons. The van der Waals surface area contributed by atoms with Crippen LogP contribution in [0.3, 0.4) is 0 Å². The molecular weight excluding hydrogens is 234 g/mol. The van der Waals surface area contributed by atoms with Gasteiger partial charge < -0.3 is 0 Å². The third-order valence-electron chi connectivity index (χ3n) is 2.22. The second-order valence-corrected chi connectivity index (χ2v) is 4.32. The van der Waals surface area contributed by atoms with Gasteiger partial charge in [0.2, 0.25) is 0 Å².